The lowest BCUT2D eigenvalue weighted by Crippen LogP contribution is -2.47. The van der Waals surface area contributed by atoms with Gasteiger partial charge in [0, 0.05) is 32.2 Å². The molecule has 1 saturated carbocycles. The molecule has 1 N–H and O–H groups in total. The monoisotopic (exact) mass is 239 g/mol. The van der Waals surface area contributed by atoms with Crippen molar-refractivity contribution >= 4 is 6.03 Å². The van der Waals surface area contributed by atoms with E-state index in [1.807, 2.05) is 23.9 Å². The minimum Gasteiger partial charge on any atom is -0.325 e. The molecule has 4 nitrogen and oxygen atoms in total. The molecule has 1 aliphatic heterocycles. The van der Waals surface area contributed by atoms with E-state index >= 15 is 0 Å². The van der Waals surface area contributed by atoms with Gasteiger partial charge in [0.25, 0.3) is 0 Å². The van der Waals surface area contributed by atoms with Gasteiger partial charge in [-0.05, 0) is 45.6 Å². The molecule has 2 rings (SSSR count). The number of hydrogen-bond donors (Lipinski definition) is 1. The van der Waals surface area contributed by atoms with Gasteiger partial charge in [-0.15, -0.1) is 0 Å². The molecule has 0 bridgehead atoms. The molecule has 0 unspecified atom stereocenters. The third kappa shape index (κ3) is 2.92. The van der Waals surface area contributed by atoms with Crippen molar-refractivity contribution in [1.29, 1.82) is 0 Å². The molecule has 0 aromatic heterocycles. The Balaban J connectivity index is 1.83. The van der Waals surface area contributed by atoms with Crippen molar-refractivity contribution in [1.82, 2.24) is 15.1 Å². The van der Waals surface area contributed by atoms with Gasteiger partial charge in [0.2, 0.25) is 0 Å². The first-order valence-electron chi connectivity index (χ1n) is 6.91. The van der Waals surface area contributed by atoms with E-state index in [2.05, 4.69) is 5.32 Å². The maximum Gasteiger partial charge on any atom is 0.319 e. The summed E-state index contributed by atoms with van der Waals surface area (Å²) in [5.41, 5.74) is 0. The predicted molar refractivity (Wildman–Crippen MR) is 69.1 cm³/mol. The third-order valence-corrected chi connectivity index (χ3v) is 4.33. The van der Waals surface area contributed by atoms with Gasteiger partial charge in [-0.25, -0.2) is 4.79 Å². The Morgan fingerprint density at radius 2 is 1.76 bits per heavy atom. The summed E-state index contributed by atoms with van der Waals surface area (Å²) in [5, 5.41) is 3.33. The van der Waals surface area contributed by atoms with Crippen molar-refractivity contribution in [2.45, 2.75) is 50.6 Å². The van der Waals surface area contributed by atoms with E-state index in [4.69, 9.17) is 0 Å². The average molecular weight is 239 g/mol. The molecule has 98 valence electrons. The molecule has 0 radical (unpaired) electrons. The van der Waals surface area contributed by atoms with E-state index < -0.39 is 0 Å². The smallest absolute Gasteiger partial charge is 0.319 e. The molecule has 2 aliphatic rings. The molecule has 4 heteroatoms. The van der Waals surface area contributed by atoms with Crippen LogP contribution in [0.3, 0.4) is 0 Å². The summed E-state index contributed by atoms with van der Waals surface area (Å²) in [6.45, 7) is 1.91. The summed E-state index contributed by atoms with van der Waals surface area (Å²) < 4.78 is 0. The maximum atomic E-state index is 12.2. The topological polar surface area (TPSA) is 35.6 Å². The van der Waals surface area contributed by atoms with Gasteiger partial charge in [-0.1, -0.05) is 0 Å². The van der Waals surface area contributed by atoms with Gasteiger partial charge in [-0.3, -0.25) is 0 Å². The number of nitrogens with one attached hydrogen (secondary N) is 1. The Hall–Kier alpha value is -0.770. The second kappa shape index (κ2) is 5.71. The number of urea groups is 1. The SMILES string of the molecule is CNC1CCC(N(C)C(=O)N2CCCC2)CC1. The molecule has 0 aromatic rings. The summed E-state index contributed by atoms with van der Waals surface area (Å²) in [4.78, 5) is 16.2. The first-order chi connectivity index (χ1) is 8.22. The van der Waals surface area contributed by atoms with Crippen LogP contribution in [0, 0.1) is 0 Å². The normalized spacial score (nSPS) is 29.4. The van der Waals surface area contributed by atoms with Gasteiger partial charge in [0.15, 0.2) is 0 Å². The minimum atomic E-state index is 0.246. The van der Waals surface area contributed by atoms with E-state index in [1.165, 1.54) is 25.7 Å². The van der Waals surface area contributed by atoms with Gasteiger partial charge >= 0.3 is 6.03 Å². The molecule has 2 amide bonds. The number of rotatable bonds is 2. The second-order valence-electron chi connectivity index (χ2n) is 5.38. The van der Waals surface area contributed by atoms with Crippen molar-refractivity contribution in [3.8, 4) is 0 Å². The van der Waals surface area contributed by atoms with E-state index in [0.717, 1.165) is 25.9 Å². The van der Waals surface area contributed by atoms with Crippen LogP contribution in [0.25, 0.3) is 0 Å². The van der Waals surface area contributed by atoms with Crippen LogP contribution < -0.4 is 5.32 Å². The second-order valence-corrected chi connectivity index (χ2v) is 5.38. The van der Waals surface area contributed by atoms with Crippen LogP contribution >= 0.6 is 0 Å². The zero-order chi connectivity index (χ0) is 12.3. The van der Waals surface area contributed by atoms with Crippen LogP contribution in [-0.4, -0.2) is 55.1 Å². The molecule has 2 fully saturated rings. The van der Waals surface area contributed by atoms with Crippen molar-refractivity contribution in [3.05, 3.63) is 0 Å². The number of carbonyl (C=O) groups excluding carboxylic acids is 1. The number of amides is 2. The molecule has 1 saturated heterocycles. The molecule has 1 aliphatic carbocycles. The van der Waals surface area contributed by atoms with E-state index in [-0.39, 0.29) is 6.03 Å². The summed E-state index contributed by atoms with van der Waals surface area (Å²) in [7, 11) is 4.01. The van der Waals surface area contributed by atoms with Crippen molar-refractivity contribution in [2.75, 3.05) is 27.2 Å². The maximum absolute atomic E-state index is 12.2. The lowest BCUT2D eigenvalue weighted by atomic mass is 9.90. The van der Waals surface area contributed by atoms with Crippen LogP contribution in [-0.2, 0) is 0 Å². The van der Waals surface area contributed by atoms with Gasteiger partial charge in [0.1, 0.15) is 0 Å². The Kier molecular flexibility index (Phi) is 4.26. The fraction of sp³-hybridized carbons (Fsp3) is 0.923. The number of hydrogen-bond acceptors (Lipinski definition) is 2. The van der Waals surface area contributed by atoms with E-state index in [9.17, 15) is 4.79 Å². The molecule has 17 heavy (non-hydrogen) atoms. The summed E-state index contributed by atoms with van der Waals surface area (Å²) in [6.07, 6.45) is 7.01. The molecule has 1 heterocycles. The minimum absolute atomic E-state index is 0.246. The molecule has 0 atom stereocenters. The highest BCUT2D eigenvalue weighted by molar-refractivity contribution is 5.74. The first-order valence-corrected chi connectivity index (χ1v) is 6.91. The van der Waals surface area contributed by atoms with E-state index in [0.29, 0.717) is 12.1 Å². The fourth-order valence-corrected chi connectivity index (χ4v) is 3.04. The number of likely N-dealkylation sites (tertiary alicyclic amines) is 1. The van der Waals surface area contributed by atoms with E-state index in [1.54, 1.807) is 0 Å². The van der Waals surface area contributed by atoms with Crippen molar-refractivity contribution in [3.63, 3.8) is 0 Å². The third-order valence-electron chi connectivity index (χ3n) is 4.33. The highest BCUT2D eigenvalue weighted by Crippen LogP contribution is 2.23. The van der Waals surface area contributed by atoms with Gasteiger partial charge < -0.3 is 15.1 Å². The van der Waals surface area contributed by atoms with Crippen LogP contribution in [0.15, 0.2) is 0 Å². The fourth-order valence-electron chi connectivity index (χ4n) is 3.04. The Labute approximate surface area is 104 Å². The average Bonchev–Trinajstić information content (AvgIpc) is 2.91. The Morgan fingerprint density at radius 3 is 2.29 bits per heavy atom. The van der Waals surface area contributed by atoms with Crippen LogP contribution in [0.2, 0.25) is 0 Å². The largest absolute Gasteiger partial charge is 0.325 e. The summed E-state index contributed by atoms with van der Waals surface area (Å²) in [5.74, 6) is 0. The molecular formula is C13H25N3O. The lowest BCUT2D eigenvalue weighted by molar-refractivity contribution is 0.138. The Morgan fingerprint density at radius 1 is 1.18 bits per heavy atom. The van der Waals surface area contributed by atoms with Crippen LogP contribution in [0.5, 0.6) is 0 Å². The van der Waals surface area contributed by atoms with Crippen molar-refractivity contribution < 1.29 is 4.79 Å². The van der Waals surface area contributed by atoms with Crippen LogP contribution in [0.4, 0.5) is 4.79 Å². The standard InChI is InChI=1S/C13H25N3O/c1-14-11-5-7-12(8-6-11)15(2)13(17)16-9-3-4-10-16/h11-12,14H,3-10H2,1-2H3. The molecule has 0 spiro atoms. The van der Waals surface area contributed by atoms with Crippen LogP contribution in [0.1, 0.15) is 38.5 Å². The number of nitrogens with zero attached hydrogens (tertiary/aromatic N) is 2. The summed E-state index contributed by atoms with van der Waals surface area (Å²) >= 11 is 0. The quantitative estimate of drug-likeness (QED) is 0.795. The first kappa shape index (κ1) is 12.7. The highest BCUT2D eigenvalue weighted by atomic mass is 16.2. The summed E-state index contributed by atoms with van der Waals surface area (Å²) in [6, 6.07) is 1.35. The number of carbonyl (C=O) groups is 1. The van der Waals surface area contributed by atoms with Crippen molar-refractivity contribution in [2.24, 2.45) is 0 Å². The molecule has 0 aromatic carbocycles. The van der Waals surface area contributed by atoms with Gasteiger partial charge in [-0.2, -0.15) is 0 Å². The predicted octanol–water partition coefficient (Wildman–Crippen LogP) is 1.66. The Bertz CT molecular complexity index is 255. The zero-order valence-electron chi connectivity index (χ0n) is 11.1. The zero-order valence-corrected chi connectivity index (χ0v) is 11.1. The van der Waals surface area contributed by atoms with Gasteiger partial charge in [0.05, 0.1) is 0 Å². The molecular weight excluding hydrogens is 214 g/mol. The highest BCUT2D eigenvalue weighted by Gasteiger charge is 2.29. The lowest BCUT2D eigenvalue weighted by Gasteiger charge is -2.36.